The lowest BCUT2D eigenvalue weighted by Gasteiger charge is -2.07. The van der Waals surface area contributed by atoms with Crippen molar-refractivity contribution in [3.63, 3.8) is 0 Å². The van der Waals surface area contributed by atoms with E-state index in [-0.39, 0.29) is 5.78 Å². The summed E-state index contributed by atoms with van der Waals surface area (Å²) in [6, 6.07) is 5.54. The molecule has 0 saturated heterocycles. The number of rotatable bonds is 5. The van der Waals surface area contributed by atoms with Crippen molar-refractivity contribution in [2.75, 3.05) is 11.9 Å². The highest BCUT2D eigenvalue weighted by molar-refractivity contribution is 14.1. The van der Waals surface area contributed by atoms with E-state index >= 15 is 0 Å². The summed E-state index contributed by atoms with van der Waals surface area (Å²) in [6.07, 6.45) is 0.532. The fraction of sp³-hybridized carbons (Fsp3) is 0.364. The van der Waals surface area contributed by atoms with Crippen LogP contribution in [0.1, 0.15) is 23.7 Å². The lowest BCUT2D eigenvalue weighted by Crippen LogP contribution is -2.01. The minimum Gasteiger partial charge on any atom is -0.493 e. The fourth-order valence-electron chi connectivity index (χ4n) is 1.18. The molecule has 0 heterocycles. The molecule has 0 spiro atoms. The summed E-state index contributed by atoms with van der Waals surface area (Å²) in [6.45, 7) is 2.59. The Morgan fingerprint density at radius 1 is 1.53 bits per heavy atom. The third-order valence-corrected chi connectivity index (χ3v) is 3.11. The number of halogens is 2. The van der Waals surface area contributed by atoms with E-state index in [2.05, 4.69) is 38.5 Å². The van der Waals surface area contributed by atoms with Crippen molar-refractivity contribution in [3.05, 3.63) is 27.3 Å². The molecule has 1 aromatic rings. The number of ether oxygens (including phenoxy) is 1. The fourth-order valence-corrected chi connectivity index (χ4v) is 2.21. The van der Waals surface area contributed by atoms with Gasteiger partial charge in [-0.15, -0.1) is 0 Å². The van der Waals surface area contributed by atoms with Gasteiger partial charge < -0.3 is 4.74 Å². The summed E-state index contributed by atoms with van der Waals surface area (Å²) >= 11 is 5.44. The first-order chi connectivity index (χ1) is 7.19. The molecule has 82 valence electrons. The Morgan fingerprint density at radius 2 is 2.27 bits per heavy atom. The Morgan fingerprint density at radius 3 is 2.80 bits per heavy atom. The largest absolute Gasteiger partial charge is 0.493 e. The van der Waals surface area contributed by atoms with Crippen LogP contribution in [0.5, 0.6) is 5.75 Å². The van der Waals surface area contributed by atoms with Crippen LogP contribution in [0.15, 0.2) is 18.2 Å². The molecule has 0 aliphatic rings. The van der Waals surface area contributed by atoms with Crippen LogP contribution in [0.2, 0.25) is 0 Å². The summed E-state index contributed by atoms with van der Waals surface area (Å²) in [5, 5.41) is 0.704. The molecule has 0 radical (unpaired) electrons. The average molecular weight is 383 g/mol. The molecule has 0 amide bonds. The van der Waals surface area contributed by atoms with E-state index in [1.807, 2.05) is 25.1 Å². The smallest absolute Gasteiger partial charge is 0.163 e. The zero-order chi connectivity index (χ0) is 11.3. The van der Waals surface area contributed by atoms with Crippen molar-refractivity contribution < 1.29 is 9.53 Å². The van der Waals surface area contributed by atoms with E-state index in [4.69, 9.17) is 4.74 Å². The monoisotopic (exact) mass is 382 g/mol. The third kappa shape index (κ3) is 3.75. The van der Waals surface area contributed by atoms with Crippen LogP contribution < -0.4 is 4.74 Å². The highest BCUT2D eigenvalue weighted by Crippen LogP contribution is 2.22. The van der Waals surface area contributed by atoms with Gasteiger partial charge in [-0.1, -0.05) is 15.9 Å². The Kier molecular flexibility index (Phi) is 5.60. The molecule has 1 aromatic carbocycles. The predicted molar refractivity (Wildman–Crippen MR) is 73.1 cm³/mol. The Hall–Kier alpha value is -0.100. The van der Waals surface area contributed by atoms with Gasteiger partial charge in [-0.05, 0) is 47.7 Å². The lowest BCUT2D eigenvalue weighted by molar-refractivity contribution is 0.0990. The van der Waals surface area contributed by atoms with Crippen LogP contribution in [0.3, 0.4) is 0 Å². The van der Waals surface area contributed by atoms with Gasteiger partial charge in [0.15, 0.2) is 5.78 Å². The number of hydrogen-bond acceptors (Lipinski definition) is 2. The molecule has 0 aromatic heterocycles. The zero-order valence-corrected chi connectivity index (χ0v) is 12.2. The van der Waals surface area contributed by atoms with E-state index in [1.54, 1.807) is 0 Å². The maximum absolute atomic E-state index is 11.6. The molecule has 2 nitrogen and oxygen atoms in total. The van der Waals surface area contributed by atoms with Crippen LogP contribution in [-0.4, -0.2) is 17.7 Å². The second-order valence-electron chi connectivity index (χ2n) is 2.94. The topological polar surface area (TPSA) is 26.3 Å². The first-order valence-electron chi connectivity index (χ1n) is 4.70. The molecule has 15 heavy (non-hydrogen) atoms. The molecule has 0 saturated carbocycles. The predicted octanol–water partition coefficient (Wildman–Crippen LogP) is 3.66. The first kappa shape index (κ1) is 13.0. The highest BCUT2D eigenvalue weighted by atomic mass is 127. The van der Waals surface area contributed by atoms with Crippen molar-refractivity contribution in [2.24, 2.45) is 0 Å². The van der Waals surface area contributed by atoms with Gasteiger partial charge >= 0.3 is 0 Å². The Labute approximate surface area is 112 Å². The molecular weight excluding hydrogens is 371 g/mol. The molecule has 0 aliphatic carbocycles. The first-order valence-corrected chi connectivity index (χ1v) is 6.90. The molecule has 0 bridgehead atoms. The van der Waals surface area contributed by atoms with Crippen LogP contribution in [0.25, 0.3) is 0 Å². The maximum Gasteiger partial charge on any atom is 0.163 e. The van der Waals surface area contributed by atoms with Gasteiger partial charge in [0.1, 0.15) is 5.75 Å². The van der Waals surface area contributed by atoms with E-state index < -0.39 is 0 Å². The molecule has 0 fully saturated rings. The van der Waals surface area contributed by atoms with Gasteiger partial charge in [0, 0.05) is 17.3 Å². The molecule has 0 aliphatic heterocycles. The van der Waals surface area contributed by atoms with Crippen molar-refractivity contribution in [1.29, 1.82) is 0 Å². The Bertz CT molecular complexity index is 352. The summed E-state index contributed by atoms with van der Waals surface area (Å²) in [4.78, 5) is 11.6. The molecule has 1 rings (SSSR count). The number of carbonyl (C=O) groups excluding carboxylic acids is 1. The third-order valence-electron chi connectivity index (χ3n) is 1.88. The SMILES string of the molecule is CCOc1ccc(C(=O)CCBr)cc1I. The Balaban J connectivity index is 2.86. The summed E-state index contributed by atoms with van der Waals surface area (Å²) in [5.41, 5.74) is 0.752. The molecule has 4 heteroatoms. The molecule has 0 atom stereocenters. The quantitative estimate of drug-likeness (QED) is 0.441. The number of carbonyl (C=O) groups is 1. The van der Waals surface area contributed by atoms with Crippen LogP contribution in [0.4, 0.5) is 0 Å². The van der Waals surface area contributed by atoms with Crippen molar-refractivity contribution in [2.45, 2.75) is 13.3 Å². The van der Waals surface area contributed by atoms with E-state index in [0.717, 1.165) is 14.9 Å². The summed E-state index contributed by atoms with van der Waals surface area (Å²) in [7, 11) is 0. The van der Waals surface area contributed by atoms with E-state index in [9.17, 15) is 4.79 Å². The average Bonchev–Trinajstić information content (AvgIpc) is 2.21. The van der Waals surface area contributed by atoms with Gasteiger partial charge in [0.25, 0.3) is 0 Å². The summed E-state index contributed by atoms with van der Waals surface area (Å²) < 4.78 is 6.38. The van der Waals surface area contributed by atoms with Crippen molar-refractivity contribution >= 4 is 44.3 Å². The van der Waals surface area contributed by atoms with Gasteiger partial charge in [-0.25, -0.2) is 0 Å². The van der Waals surface area contributed by atoms with Crippen molar-refractivity contribution in [1.82, 2.24) is 0 Å². The van der Waals surface area contributed by atoms with Gasteiger partial charge in [-0.2, -0.15) is 0 Å². The van der Waals surface area contributed by atoms with Crippen LogP contribution in [0, 0.1) is 3.57 Å². The number of benzene rings is 1. The van der Waals surface area contributed by atoms with Crippen molar-refractivity contribution in [3.8, 4) is 5.75 Å². The normalized spacial score (nSPS) is 10.1. The standard InChI is InChI=1S/C11H12BrIO2/c1-2-15-11-4-3-8(7-9(11)13)10(14)5-6-12/h3-4,7H,2,5-6H2,1H3. The van der Waals surface area contributed by atoms with Gasteiger partial charge in [0.2, 0.25) is 0 Å². The maximum atomic E-state index is 11.6. The second-order valence-corrected chi connectivity index (χ2v) is 4.90. The second kappa shape index (κ2) is 6.48. The molecular formula is C11H12BrIO2. The highest BCUT2D eigenvalue weighted by Gasteiger charge is 2.08. The number of alkyl halides is 1. The minimum atomic E-state index is 0.160. The van der Waals surface area contributed by atoms with Gasteiger partial charge in [0.05, 0.1) is 10.2 Å². The number of Topliss-reactive ketones (excluding diaryl/α,β-unsaturated/α-hetero) is 1. The molecule has 0 N–H and O–H groups in total. The summed E-state index contributed by atoms with van der Waals surface area (Å²) in [5.74, 6) is 1.00. The minimum absolute atomic E-state index is 0.160. The van der Waals surface area contributed by atoms with Crippen LogP contribution in [-0.2, 0) is 0 Å². The zero-order valence-electron chi connectivity index (χ0n) is 8.43. The lowest BCUT2D eigenvalue weighted by atomic mass is 10.1. The number of ketones is 1. The van der Waals surface area contributed by atoms with E-state index in [1.165, 1.54) is 0 Å². The molecule has 0 unspecified atom stereocenters. The number of hydrogen-bond donors (Lipinski definition) is 0. The van der Waals surface area contributed by atoms with E-state index in [0.29, 0.717) is 18.4 Å². The van der Waals surface area contributed by atoms with Gasteiger partial charge in [-0.3, -0.25) is 4.79 Å². The van der Waals surface area contributed by atoms with Crippen LogP contribution >= 0.6 is 38.5 Å².